The highest BCUT2D eigenvalue weighted by atomic mass is 16.6. The number of rotatable bonds is 4. The van der Waals surface area contributed by atoms with E-state index in [0.29, 0.717) is 18.2 Å². The number of nitrogens with zero attached hydrogens (tertiary/aromatic N) is 3. The molecule has 15 heavy (non-hydrogen) atoms. The smallest absolute Gasteiger partial charge is 0.311 e. The highest BCUT2D eigenvalue weighted by Gasteiger charge is 2.18. The van der Waals surface area contributed by atoms with Crippen LogP contribution in [0.1, 0.15) is 6.92 Å². The lowest BCUT2D eigenvalue weighted by Gasteiger charge is -2.15. The fraction of sp³-hybridized carbons (Fsp3) is 0.375. The first-order valence-electron chi connectivity index (χ1n) is 4.43. The Kier molecular flexibility index (Phi) is 3.40. The van der Waals surface area contributed by atoms with Crippen LogP contribution in [0.4, 0.5) is 17.3 Å². The number of anilines is 2. The largest absolute Gasteiger partial charge is 0.354 e. The Labute approximate surface area is 87.0 Å². The number of nitrogen functional groups attached to an aromatic ring is 1. The number of aromatic nitrogens is 1. The fourth-order valence-corrected chi connectivity index (χ4v) is 1.09. The van der Waals surface area contributed by atoms with E-state index in [1.54, 1.807) is 11.9 Å². The third-order valence-electron chi connectivity index (χ3n) is 2.04. The molecule has 0 aliphatic carbocycles. The van der Waals surface area contributed by atoms with E-state index in [2.05, 4.69) is 10.4 Å². The van der Waals surface area contributed by atoms with E-state index in [-0.39, 0.29) is 5.69 Å². The predicted molar refractivity (Wildman–Crippen MR) is 57.6 cm³/mol. The third-order valence-corrected chi connectivity index (χ3v) is 2.04. The molecule has 0 aliphatic rings. The first-order chi connectivity index (χ1) is 7.10. The second kappa shape index (κ2) is 4.56. The Hall–Kier alpha value is -1.89. The number of nitro groups is 1. The molecular formula is C8H13N5O2. The van der Waals surface area contributed by atoms with Crippen molar-refractivity contribution >= 4 is 17.3 Å². The van der Waals surface area contributed by atoms with Crippen molar-refractivity contribution in [1.82, 2.24) is 4.98 Å². The molecule has 0 aliphatic heterocycles. The Morgan fingerprint density at radius 3 is 2.80 bits per heavy atom. The SMILES string of the molecule is CCN(C)c1nc(NN)ccc1[N+](=O)[O-]. The standard InChI is InChI=1S/C8H13N5O2/c1-3-12(2)8-6(13(14)15)4-5-7(10-8)11-9/h4-5H,3,9H2,1-2H3,(H,10,11). The summed E-state index contributed by atoms with van der Waals surface area (Å²) in [6, 6.07) is 2.84. The predicted octanol–water partition coefficient (Wildman–Crippen LogP) is 0.732. The van der Waals surface area contributed by atoms with Gasteiger partial charge in [0, 0.05) is 19.7 Å². The van der Waals surface area contributed by atoms with Crippen LogP contribution in [0, 0.1) is 10.1 Å². The van der Waals surface area contributed by atoms with Crippen LogP contribution in [0.2, 0.25) is 0 Å². The Balaban J connectivity index is 3.22. The topological polar surface area (TPSA) is 97.3 Å². The molecule has 1 heterocycles. The van der Waals surface area contributed by atoms with Gasteiger partial charge in [-0.15, -0.1) is 0 Å². The summed E-state index contributed by atoms with van der Waals surface area (Å²) in [4.78, 5) is 16.0. The van der Waals surface area contributed by atoms with E-state index in [4.69, 9.17) is 5.84 Å². The van der Waals surface area contributed by atoms with Gasteiger partial charge in [0.15, 0.2) is 0 Å². The zero-order chi connectivity index (χ0) is 11.4. The molecule has 0 bridgehead atoms. The van der Waals surface area contributed by atoms with Crippen molar-refractivity contribution in [3.05, 3.63) is 22.2 Å². The first kappa shape index (κ1) is 11.2. The molecule has 82 valence electrons. The lowest BCUT2D eigenvalue weighted by atomic mass is 10.3. The van der Waals surface area contributed by atoms with Gasteiger partial charge < -0.3 is 10.3 Å². The van der Waals surface area contributed by atoms with Crippen LogP contribution in [-0.2, 0) is 0 Å². The normalized spacial score (nSPS) is 9.80. The van der Waals surface area contributed by atoms with Crippen LogP contribution in [0.5, 0.6) is 0 Å². The van der Waals surface area contributed by atoms with Crippen molar-refractivity contribution in [2.75, 3.05) is 23.9 Å². The molecule has 0 spiro atoms. The maximum atomic E-state index is 10.7. The molecule has 1 aromatic rings. The van der Waals surface area contributed by atoms with E-state index in [0.717, 1.165) is 0 Å². The van der Waals surface area contributed by atoms with E-state index in [1.807, 2.05) is 6.92 Å². The highest BCUT2D eigenvalue weighted by molar-refractivity contribution is 5.61. The van der Waals surface area contributed by atoms with Gasteiger partial charge >= 0.3 is 5.69 Å². The van der Waals surface area contributed by atoms with E-state index >= 15 is 0 Å². The minimum atomic E-state index is -0.464. The minimum absolute atomic E-state index is 0.0293. The highest BCUT2D eigenvalue weighted by Crippen LogP contribution is 2.26. The molecule has 0 fully saturated rings. The van der Waals surface area contributed by atoms with Crippen molar-refractivity contribution in [2.45, 2.75) is 6.92 Å². The van der Waals surface area contributed by atoms with Gasteiger partial charge in [0.2, 0.25) is 5.82 Å². The zero-order valence-electron chi connectivity index (χ0n) is 8.60. The molecule has 0 radical (unpaired) electrons. The summed E-state index contributed by atoms with van der Waals surface area (Å²) in [5.41, 5.74) is 2.32. The molecular weight excluding hydrogens is 198 g/mol. The Bertz CT molecular complexity index is 368. The zero-order valence-corrected chi connectivity index (χ0v) is 8.60. The summed E-state index contributed by atoms with van der Waals surface area (Å²) in [6.07, 6.45) is 0. The summed E-state index contributed by atoms with van der Waals surface area (Å²) >= 11 is 0. The van der Waals surface area contributed by atoms with Gasteiger partial charge in [0.25, 0.3) is 0 Å². The fourth-order valence-electron chi connectivity index (χ4n) is 1.09. The Morgan fingerprint density at radius 2 is 2.33 bits per heavy atom. The summed E-state index contributed by atoms with van der Waals surface area (Å²) in [5, 5.41) is 10.7. The summed E-state index contributed by atoms with van der Waals surface area (Å²) in [5.74, 6) is 5.89. The van der Waals surface area contributed by atoms with Crippen LogP contribution in [0.25, 0.3) is 0 Å². The lowest BCUT2D eigenvalue weighted by molar-refractivity contribution is -0.384. The van der Waals surface area contributed by atoms with Crippen molar-refractivity contribution in [3.63, 3.8) is 0 Å². The van der Waals surface area contributed by atoms with E-state index in [9.17, 15) is 10.1 Å². The second-order valence-electron chi connectivity index (χ2n) is 2.95. The van der Waals surface area contributed by atoms with Gasteiger partial charge in [0.1, 0.15) is 5.82 Å². The lowest BCUT2D eigenvalue weighted by Crippen LogP contribution is -2.20. The number of nitrogens with two attached hydrogens (primary N) is 1. The van der Waals surface area contributed by atoms with Crippen molar-refractivity contribution in [3.8, 4) is 0 Å². The maximum Gasteiger partial charge on any atom is 0.311 e. The van der Waals surface area contributed by atoms with Crippen LogP contribution >= 0.6 is 0 Å². The summed E-state index contributed by atoms with van der Waals surface area (Å²) in [7, 11) is 1.73. The summed E-state index contributed by atoms with van der Waals surface area (Å²) in [6.45, 7) is 2.51. The van der Waals surface area contributed by atoms with Crippen molar-refractivity contribution in [1.29, 1.82) is 0 Å². The second-order valence-corrected chi connectivity index (χ2v) is 2.95. The first-order valence-corrected chi connectivity index (χ1v) is 4.43. The quantitative estimate of drug-likeness (QED) is 0.433. The van der Waals surface area contributed by atoms with Crippen LogP contribution in [0.15, 0.2) is 12.1 Å². The van der Waals surface area contributed by atoms with E-state index in [1.165, 1.54) is 12.1 Å². The summed E-state index contributed by atoms with van der Waals surface area (Å²) < 4.78 is 0. The third kappa shape index (κ3) is 2.32. The molecule has 0 aromatic carbocycles. The molecule has 1 aromatic heterocycles. The number of pyridine rings is 1. The molecule has 0 saturated carbocycles. The molecule has 0 saturated heterocycles. The average molecular weight is 211 g/mol. The number of hydrazine groups is 1. The monoisotopic (exact) mass is 211 g/mol. The van der Waals surface area contributed by atoms with Gasteiger partial charge in [-0.25, -0.2) is 10.8 Å². The van der Waals surface area contributed by atoms with Crippen LogP contribution < -0.4 is 16.2 Å². The van der Waals surface area contributed by atoms with Gasteiger partial charge in [0.05, 0.1) is 4.92 Å². The molecule has 3 N–H and O–H groups in total. The number of hydrogen-bond donors (Lipinski definition) is 2. The number of nitrogens with one attached hydrogen (secondary N) is 1. The van der Waals surface area contributed by atoms with Crippen LogP contribution in [-0.4, -0.2) is 23.5 Å². The van der Waals surface area contributed by atoms with Crippen molar-refractivity contribution < 1.29 is 4.92 Å². The van der Waals surface area contributed by atoms with Crippen LogP contribution in [0.3, 0.4) is 0 Å². The minimum Gasteiger partial charge on any atom is -0.354 e. The molecule has 7 nitrogen and oxygen atoms in total. The van der Waals surface area contributed by atoms with Gasteiger partial charge in [-0.05, 0) is 13.0 Å². The number of hydrogen-bond acceptors (Lipinski definition) is 6. The van der Waals surface area contributed by atoms with Gasteiger partial charge in [-0.2, -0.15) is 0 Å². The molecule has 7 heteroatoms. The Morgan fingerprint density at radius 1 is 1.67 bits per heavy atom. The van der Waals surface area contributed by atoms with Gasteiger partial charge in [-0.1, -0.05) is 0 Å². The molecule has 0 unspecified atom stereocenters. The van der Waals surface area contributed by atoms with Gasteiger partial charge in [-0.3, -0.25) is 10.1 Å². The molecule has 1 rings (SSSR count). The molecule has 0 atom stereocenters. The maximum absolute atomic E-state index is 10.7. The molecule has 0 amide bonds. The average Bonchev–Trinajstić information content (AvgIpc) is 2.26. The van der Waals surface area contributed by atoms with E-state index < -0.39 is 4.92 Å². The van der Waals surface area contributed by atoms with Crippen molar-refractivity contribution in [2.24, 2.45) is 5.84 Å².